The highest BCUT2D eigenvalue weighted by atomic mass is 32.2. The number of hydrogen-bond acceptors (Lipinski definition) is 4. The van der Waals surface area contributed by atoms with Crippen LogP contribution in [0, 0.1) is 17.2 Å². The van der Waals surface area contributed by atoms with Crippen LogP contribution in [0.1, 0.15) is 18.4 Å². The molecular weight excluding hydrogens is 290 g/mol. The molecule has 0 bridgehead atoms. The highest BCUT2D eigenvalue weighted by Gasteiger charge is 2.30. The van der Waals surface area contributed by atoms with Gasteiger partial charge in [0.1, 0.15) is 0 Å². The van der Waals surface area contributed by atoms with Crippen molar-refractivity contribution in [3.05, 3.63) is 29.8 Å². The minimum absolute atomic E-state index is 0.187. The average molecular weight is 307 g/mol. The zero-order chi connectivity index (χ0) is 15.5. The highest BCUT2D eigenvalue weighted by Crippen LogP contribution is 2.20. The van der Waals surface area contributed by atoms with Crippen molar-refractivity contribution in [2.75, 3.05) is 24.7 Å². The summed E-state index contributed by atoms with van der Waals surface area (Å²) in [6, 6.07) is 8.58. The topological polar surface area (TPSA) is 90.3 Å². The van der Waals surface area contributed by atoms with E-state index in [-0.39, 0.29) is 18.4 Å². The Morgan fingerprint density at radius 2 is 2.05 bits per heavy atom. The molecule has 1 fully saturated rings. The predicted octanol–water partition coefficient (Wildman–Crippen LogP) is 1.17. The molecule has 7 heteroatoms. The number of nitrogens with zero attached hydrogens (tertiary/aromatic N) is 2. The molecule has 1 aromatic carbocycles. The number of anilines is 1. The van der Waals surface area contributed by atoms with Gasteiger partial charge in [-0.15, -0.1) is 0 Å². The number of sulfonamides is 1. The number of nitriles is 1. The second-order valence-electron chi connectivity index (χ2n) is 5.14. The number of benzene rings is 1. The normalized spacial score (nSPS) is 19.7. The third-order valence-corrected chi connectivity index (χ3v) is 4.78. The fourth-order valence-corrected chi connectivity index (χ4v) is 3.24. The molecule has 1 saturated heterocycles. The van der Waals surface area contributed by atoms with Crippen molar-refractivity contribution in [2.45, 2.75) is 12.8 Å². The lowest BCUT2D eigenvalue weighted by molar-refractivity contribution is -0.120. The van der Waals surface area contributed by atoms with Gasteiger partial charge in [-0.3, -0.25) is 4.79 Å². The number of rotatable bonds is 3. The van der Waals surface area contributed by atoms with E-state index in [1.165, 1.54) is 4.31 Å². The van der Waals surface area contributed by atoms with E-state index in [4.69, 9.17) is 5.26 Å². The van der Waals surface area contributed by atoms with Gasteiger partial charge in [-0.1, -0.05) is 0 Å². The Labute approximate surface area is 124 Å². The fourth-order valence-electron chi connectivity index (χ4n) is 2.33. The van der Waals surface area contributed by atoms with Crippen molar-refractivity contribution in [1.29, 1.82) is 5.26 Å². The summed E-state index contributed by atoms with van der Waals surface area (Å²) in [4.78, 5) is 12.2. The van der Waals surface area contributed by atoms with E-state index >= 15 is 0 Å². The van der Waals surface area contributed by atoms with Crippen molar-refractivity contribution in [3.8, 4) is 6.07 Å². The molecule has 1 atom stereocenters. The molecule has 0 aromatic heterocycles. The summed E-state index contributed by atoms with van der Waals surface area (Å²) >= 11 is 0. The van der Waals surface area contributed by atoms with Crippen LogP contribution in [0.3, 0.4) is 0 Å². The Bertz CT molecular complexity index is 662. The average Bonchev–Trinajstić information content (AvgIpc) is 2.47. The summed E-state index contributed by atoms with van der Waals surface area (Å²) in [6.07, 6.45) is 2.51. The Balaban J connectivity index is 2.01. The SMILES string of the molecule is CS(=O)(=O)N1CCCC(C(=O)Nc2ccc(C#N)cc2)C1. The molecule has 112 valence electrons. The van der Waals surface area contributed by atoms with Crippen LogP contribution in [-0.2, 0) is 14.8 Å². The number of carbonyl (C=O) groups excluding carboxylic acids is 1. The molecule has 0 saturated carbocycles. The first-order chi connectivity index (χ1) is 9.90. The predicted molar refractivity (Wildman–Crippen MR) is 78.9 cm³/mol. The molecule has 1 amide bonds. The molecule has 1 aliphatic heterocycles. The lowest BCUT2D eigenvalue weighted by atomic mass is 9.98. The molecule has 6 nitrogen and oxygen atoms in total. The fraction of sp³-hybridized carbons (Fsp3) is 0.429. The molecule has 1 N–H and O–H groups in total. The largest absolute Gasteiger partial charge is 0.326 e. The van der Waals surface area contributed by atoms with E-state index in [9.17, 15) is 13.2 Å². The molecule has 0 radical (unpaired) electrons. The third-order valence-electron chi connectivity index (χ3n) is 3.51. The van der Waals surface area contributed by atoms with Crippen molar-refractivity contribution in [1.82, 2.24) is 4.31 Å². The molecule has 0 spiro atoms. The minimum atomic E-state index is -3.26. The maximum absolute atomic E-state index is 12.2. The van der Waals surface area contributed by atoms with Gasteiger partial charge in [-0.2, -0.15) is 5.26 Å². The van der Waals surface area contributed by atoms with Crippen molar-refractivity contribution in [2.24, 2.45) is 5.92 Å². The Hall–Kier alpha value is -1.91. The van der Waals surface area contributed by atoms with Gasteiger partial charge in [0.05, 0.1) is 23.8 Å². The monoisotopic (exact) mass is 307 g/mol. The first-order valence-corrected chi connectivity index (χ1v) is 8.51. The van der Waals surface area contributed by atoms with Crippen molar-refractivity contribution in [3.63, 3.8) is 0 Å². The zero-order valence-corrected chi connectivity index (χ0v) is 12.6. The second-order valence-corrected chi connectivity index (χ2v) is 7.12. The van der Waals surface area contributed by atoms with Crippen LogP contribution in [0.5, 0.6) is 0 Å². The number of amides is 1. The van der Waals surface area contributed by atoms with Crippen LogP contribution >= 0.6 is 0 Å². The lowest BCUT2D eigenvalue weighted by Gasteiger charge is -2.30. The molecule has 1 aliphatic rings. The molecule has 0 aliphatic carbocycles. The molecule has 1 aromatic rings. The smallest absolute Gasteiger partial charge is 0.228 e. The summed E-state index contributed by atoms with van der Waals surface area (Å²) in [6.45, 7) is 0.695. The van der Waals surface area contributed by atoms with E-state index < -0.39 is 10.0 Å². The standard InChI is InChI=1S/C14H17N3O3S/c1-21(19,20)17-8-2-3-12(10-17)14(18)16-13-6-4-11(9-15)5-7-13/h4-7,12H,2-3,8,10H2,1H3,(H,16,18). The van der Waals surface area contributed by atoms with Gasteiger partial charge in [0.25, 0.3) is 0 Å². The number of nitrogens with one attached hydrogen (secondary N) is 1. The van der Waals surface area contributed by atoms with Gasteiger partial charge in [-0.05, 0) is 37.1 Å². The summed E-state index contributed by atoms with van der Waals surface area (Å²) in [5, 5.41) is 11.5. The number of hydrogen-bond donors (Lipinski definition) is 1. The first kappa shape index (κ1) is 15.5. The number of piperidine rings is 1. The second kappa shape index (κ2) is 6.24. The van der Waals surface area contributed by atoms with Gasteiger partial charge in [0.2, 0.25) is 15.9 Å². The first-order valence-electron chi connectivity index (χ1n) is 6.66. The summed E-state index contributed by atoms with van der Waals surface area (Å²) in [7, 11) is -3.26. The maximum atomic E-state index is 12.2. The molecule has 2 rings (SSSR count). The third kappa shape index (κ3) is 4.03. The van der Waals surface area contributed by atoms with Gasteiger partial charge in [0.15, 0.2) is 0 Å². The van der Waals surface area contributed by atoms with Crippen LogP contribution in [-0.4, -0.2) is 38.0 Å². The van der Waals surface area contributed by atoms with Gasteiger partial charge < -0.3 is 5.32 Å². The van der Waals surface area contributed by atoms with Crippen molar-refractivity contribution >= 4 is 21.6 Å². The van der Waals surface area contributed by atoms with E-state index in [0.29, 0.717) is 30.6 Å². The van der Waals surface area contributed by atoms with E-state index in [1.807, 2.05) is 6.07 Å². The molecule has 1 unspecified atom stereocenters. The molecule has 21 heavy (non-hydrogen) atoms. The Kier molecular flexibility index (Phi) is 4.60. The minimum Gasteiger partial charge on any atom is -0.326 e. The van der Waals surface area contributed by atoms with Crippen LogP contribution in [0.15, 0.2) is 24.3 Å². The summed E-state index contributed by atoms with van der Waals surface area (Å²) in [5.74, 6) is -0.530. The van der Waals surface area contributed by atoms with Gasteiger partial charge in [0, 0.05) is 18.8 Å². The molecular formula is C14H17N3O3S. The number of carbonyl (C=O) groups is 1. The molecule has 1 heterocycles. The van der Waals surface area contributed by atoms with Gasteiger partial charge in [-0.25, -0.2) is 12.7 Å². The van der Waals surface area contributed by atoms with Crippen LogP contribution < -0.4 is 5.32 Å². The van der Waals surface area contributed by atoms with E-state index in [2.05, 4.69) is 5.32 Å². The van der Waals surface area contributed by atoms with Crippen LogP contribution in [0.2, 0.25) is 0 Å². The maximum Gasteiger partial charge on any atom is 0.228 e. The summed E-state index contributed by atoms with van der Waals surface area (Å²) < 4.78 is 24.4. The van der Waals surface area contributed by atoms with E-state index in [0.717, 1.165) is 6.26 Å². The Morgan fingerprint density at radius 1 is 1.38 bits per heavy atom. The summed E-state index contributed by atoms with van der Waals surface area (Å²) in [5.41, 5.74) is 1.13. The van der Waals surface area contributed by atoms with E-state index in [1.54, 1.807) is 24.3 Å². The zero-order valence-electron chi connectivity index (χ0n) is 11.7. The highest BCUT2D eigenvalue weighted by molar-refractivity contribution is 7.88. The van der Waals surface area contributed by atoms with Crippen molar-refractivity contribution < 1.29 is 13.2 Å². The quantitative estimate of drug-likeness (QED) is 0.907. The lowest BCUT2D eigenvalue weighted by Crippen LogP contribution is -2.43. The van der Waals surface area contributed by atoms with Crippen LogP contribution in [0.25, 0.3) is 0 Å². The van der Waals surface area contributed by atoms with Crippen LogP contribution in [0.4, 0.5) is 5.69 Å². The Morgan fingerprint density at radius 3 is 2.62 bits per heavy atom. The van der Waals surface area contributed by atoms with Gasteiger partial charge >= 0.3 is 0 Å².